The van der Waals surface area contributed by atoms with Gasteiger partial charge in [0.25, 0.3) is 0 Å². The number of amides is 1. The zero-order valence-corrected chi connectivity index (χ0v) is 17.9. The van der Waals surface area contributed by atoms with E-state index in [-0.39, 0.29) is 5.91 Å². The topological polar surface area (TPSA) is 40.9 Å². The highest BCUT2D eigenvalue weighted by Crippen LogP contribution is 2.17. The Morgan fingerprint density at radius 2 is 1.79 bits per heavy atom. The van der Waals surface area contributed by atoms with E-state index in [9.17, 15) is 4.79 Å². The second-order valence-corrected chi connectivity index (χ2v) is 8.45. The van der Waals surface area contributed by atoms with Gasteiger partial charge in [-0.2, -0.15) is 0 Å². The molecular formula is C22H25BrN4O. The first-order chi connectivity index (χ1) is 13.5. The molecule has 0 spiro atoms. The first-order valence-electron chi connectivity index (χ1n) is 9.68. The average molecular weight is 441 g/mol. The summed E-state index contributed by atoms with van der Waals surface area (Å²) in [6.07, 6.45) is 2.58. The standard InChI is InChI=1S/C22H25BrN4O/c1-16-7-8-27-20(17(2)24-21(27)13-16)15-25-9-11-26(12-10-25)22(28)14-18-3-5-19(23)6-4-18/h3-8,13H,9-12,14-15H2,1-2H3. The molecule has 2 aromatic heterocycles. The Bertz CT molecular complexity index is 988. The van der Waals surface area contributed by atoms with E-state index in [0.717, 1.165) is 54.1 Å². The van der Waals surface area contributed by atoms with E-state index in [1.54, 1.807) is 0 Å². The maximum atomic E-state index is 12.6. The molecule has 1 aromatic carbocycles. The van der Waals surface area contributed by atoms with Crippen molar-refractivity contribution in [3.63, 3.8) is 0 Å². The maximum absolute atomic E-state index is 12.6. The van der Waals surface area contributed by atoms with Crippen LogP contribution in [-0.2, 0) is 17.8 Å². The highest BCUT2D eigenvalue weighted by molar-refractivity contribution is 9.10. The summed E-state index contributed by atoms with van der Waals surface area (Å²) < 4.78 is 3.23. The van der Waals surface area contributed by atoms with Crippen LogP contribution in [0.15, 0.2) is 47.1 Å². The molecule has 146 valence electrons. The van der Waals surface area contributed by atoms with Crippen LogP contribution in [0.4, 0.5) is 0 Å². The number of aromatic nitrogens is 2. The van der Waals surface area contributed by atoms with E-state index in [0.29, 0.717) is 6.42 Å². The molecular weight excluding hydrogens is 416 g/mol. The minimum atomic E-state index is 0.212. The molecule has 4 rings (SSSR count). The van der Waals surface area contributed by atoms with Gasteiger partial charge in [-0.1, -0.05) is 28.1 Å². The molecule has 1 fully saturated rings. The van der Waals surface area contributed by atoms with E-state index in [4.69, 9.17) is 4.98 Å². The van der Waals surface area contributed by atoms with Gasteiger partial charge in [0.15, 0.2) is 0 Å². The van der Waals surface area contributed by atoms with E-state index >= 15 is 0 Å². The second kappa shape index (κ2) is 8.05. The zero-order chi connectivity index (χ0) is 19.7. The van der Waals surface area contributed by atoms with Crippen LogP contribution in [0.3, 0.4) is 0 Å². The number of piperazine rings is 1. The predicted molar refractivity (Wildman–Crippen MR) is 114 cm³/mol. The molecule has 3 aromatic rings. The van der Waals surface area contributed by atoms with Gasteiger partial charge >= 0.3 is 0 Å². The second-order valence-electron chi connectivity index (χ2n) is 7.54. The molecule has 5 nitrogen and oxygen atoms in total. The molecule has 0 N–H and O–H groups in total. The van der Waals surface area contributed by atoms with Gasteiger partial charge in [0.05, 0.1) is 17.8 Å². The Kier molecular flexibility index (Phi) is 5.51. The van der Waals surface area contributed by atoms with Gasteiger partial charge in [-0.3, -0.25) is 9.69 Å². The highest BCUT2D eigenvalue weighted by Gasteiger charge is 2.22. The zero-order valence-electron chi connectivity index (χ0n) is 16.4. The van der Waals surface area contributed by atoms with Crippen LogP contribution in [0.2, 0.25) is 0 Å². The van der Waals surface area contributed by atoms with Crippen LogP contribution in [-0.4, -0.2) is 51.3 Å². The van der Waals surface area contributed by atoms with Crippen LogP contribution in [0.5, 0.6) is 0 Å². The molecule has 0 radical (unpaired) electrons. The van der Waals surface area contributed by atoms with Gasteiger partial charge in [0.1, 0.15) is 5.65 Å². The number of nitrogens with zero attached hydrogens (tertiary/aromatic N) is 4. The summed E-state index contributed by atoms with van der Waals surface area (Å²) in [5.74, 6) is 0.212. The fourth-order valence-electron chi connectivity index (χ4n) is 3.76. The Morgan fingerprint density at radius 3 is 2.50 bits per heavy atom. The SMILES string of the molecule is Cc1ccn2c(CN3CCN(C(=O)Cc4ccc(Br)cc4)CC3)c(C)nc2c1. The van der Waals surface area contributed by atoms with Gasteiger partial charge < -0.3 is 9.30 Å². The van der Waals surface area contributed by atoms with Crippen molar-refractivity contribution in [2.24, 2.45) is 0 Å². The summed E-state index contributed by atoms with van der Waals surface area (Å²) in [5, 5.41) is 0. The first-order valence-corrected chi connectivity index (χ1v) is 10.5. The molecule has 6 heteroatoms. The number of carbonyl (C=O) groups excluding carboxylic acids is 1. The van der Waals surface area contributed by atoms with Crippen molar-refractivity contribution in [2.75, 3.05) is 26.2 Å². The quantitative estimate of drug-likeness (QED) is 0.622. The Hall–Kier alpha value is -2.18. The molecule has 0 saturated carbocycles. The fourth-order valence-corrected chi connectivity index (χ4v) is 4.03. The lowest BCUT2D eigenvalue weighted by atomic mass is 10.1. The lowest BCUT2D eigenvalue weighted by molar-refractivity contribution is -0.132. The number of benzene rings is 1. The van der Waals surface area contributed by atoms with Crippen molar-refractivity contribution in [1.29, 1.82) is 0 Å². The number of rotatable bonds is 4. The largest absolute Gasteiger partial charge is 0.340 e. The van der Waals surface area contributed by atoms with Crippen LogP contribution < -0.4 is 0 Å². The first kappa shape index (κ1) is 19.2. The monoisotopic (exact) mass is 440 g/mol. The van der Waals surface area contributed by atoms with Crippen molar-refractivity contribution in [2.45, 2.75) is 26.8 Å². The smallest absolute Gasteiger partial charge is 0.227 e. The predicted octanol–water partition coefficient (Wildman–Crippen LogP) is 3.60. The Morgan fingerprint density at radius 1 is 1.07 bits per heavy atom. The Labute approximate surface area is 174 Å². The van der Waals surface area contributed by atoms with Gasteiger partial charge in [-0.15, -0.1) is 0 Å². The molecule has 0 atom stereocenters. The van der Waals surface area contributed by atoms with Crippen molar-refractivity contribution in [1.82, 2.24) is 19.2 Å². The molecule has 1 saturated heterocycles. The third kappa shape index (κ3) is 4.13. The van der Waals surface area contributed by atoms with Crippen LogP contribution in [0, 0.1) is 13.8 Å². The fraction of sp³-hybridized carbons (Fsp3) is 0.364. The summed E-state index contributed by atoms with van der Waals surface area (Å²) in [5.41, 5.74) is 5.62. The van der Waals surface area contributed by atoms with Crippen molar-refractivity contribution >= 4 is 27.5 Å². The summed E-state index contributed by atoms with van der Waals surface area (Å²) in [4.78, 5) is 21.7. The number of fused-ring (bicyclic) bond motifs is 1. The highest BCUT2D eigenvalue weighted by atomic mass is 79.9. The average Bonchev–Trinajstić information content (AvgIpc) is 2.98. The van der Waals surface area contributed by atoms with Crippen molar-refractivity contribution in [3.05, 3.63) is 69.6 Å². The van der Waals surface area contributed by atoms with Crippen molar-refractivity contribution < 1.29 is 4.79 Å². The maximum Gasteiger partial charge on any atom is 0.227 e. The van der Waals surface area contributed by atoms with Crippen LogP contribution in [0.1, 0.15) is 22.5 Å². The van der Waals surface area contributed by atoms with Gasteiger partial charge in [0.2, 0.25) is 5.91 Å². The van der Waals surface area contributed by atoms with E-state index in [2.05, 4.69) is 57.4 Å². The number of imidazole rings is 1. The van der Waals surface area contributed by atoms with Gasteiger partial charge in [-0.05, 0) is 49.2 Å². The number of halogens is 1. The third-order valence-corrected chi connectivity index (χ3v) is 5.98. The summed E-state index contributed by atoms with van der Waals surface area (Å²) in [6.45, 7) is 8.39. The molecule has 0 aliphatic carbocycles. The summed E-state index contributed by atoms with van der Waals surface area (Å²) >= 11 is 3.44. The van der Waals surface area contributed by atoms with E-state index < -0.39 is 0 Å². The van der Waals surface area contributed by atoms with Crippen molar-refractivity contribution in [3.8, 4) is 0 Å². The van der Waals surface area contributed by atoms with Crippen LogP contribution >= 0.6 is 15.9 Å². The minimum Gasteiger partial charge on any atom is -0.340 e. The van der Waals surface area contributed by atoms with Crippen LogP contribution in [0.25, 0.3) is 5.65 Å². The van der Waals surface area contributed by atoms with Gasteiger partial charge in [-0.25, -0.2) is 4.98 Å². The number of carbonyl (C=O) groups is 1. The lowest BCUT2D eigenvalue weighted by Crippen LogP contribution is -2.48. The number of pyridine rings is 1. The minimum absolute atomic E-state index is 0.212. The van der Waals surface area contributed by atoms with Gasteiger partial charge in [0, 0.05) is 43.4 Å². The van der Waals surface area contributed by atoms with E-state index in [1.807, 2.05) is 29.2 Å². The molecule has 1 amide bonds. The third-order valence-electron chi connectivity index (χ3n) is 5.45. The lowest BCUT2D eigenvalue weighted by Gasteiger charge is -2.34. The normalized spacial score (nSPS) is 15.3. The number of aryl methyl sites for hydroxylation is 2. The van der Waals surface area contributed by atoms with E-state index in [1.165, 1.54) is 11.3 Å². The summed E-state index contributed by atoms with van der Waals surface area (Å²) in [6, 6.07) is 12.2. The number of hydrogen-bond acceptors (Lipinski definition) is 3. The number of hydrogen-bond donors (Lipinski definition) is 0. The molecule has 3 heterocycles. The Balaban J connectivity index is 1.36. The summed E-state index contributed by atoms with van der Waals surface area (Å²) in [7, 11) is 0. The molecule has 0 bridgehead atoms. The molecule has 0 unspecified atom stereocenters. The molecule has 1 aliphatic rings. The molecule has 1 aliphatic heterocycles. The molecule has 28 heavy (non-hydrogen) atoms.